The summed E-state index contributed by atoms with van der Waals surface area (Å²) in [7, 11) is 1.97. The molecule has 0 aliphatic rings. The third kappa shape index (κ3) is 8.89. The first-order valence-corrected chi connectivity index (χ1v) is 17.9. The molecule has 0 saturated heterocycles. The van der Waals surface area contributed by atoms with E-state index >= 15 is 0 Å². The molecule has 0 radical (unpaired) electrons. The van der Waals surface area contributed by atoms with Crippen molar-refractivity contribution in [1.82, 2.24) is 25.0 Å². The number of aliphatic carboxylic acids is 1. The second-order valence-electron chi connectivity index (χ2n) is 12.9. The van der Waals surface area contributed by atoms with Crippen molar-refractivity contribution >= 4 is 40.1 Å². The summed E-state index contributed by atoms with van der Waals surface area (Å²) >= 11 is 14.0. The van der Waals surface area contributed by atoms with Crippen molar-refractivity contribution in [3.8, 4) is 34.1 Å². The lowest BCUT2D eigenvalue weighted by molar-refractivity contribution is -0.140. The number of carboxylic acids is 1. The molecule has 0 amide bonds. The van der Waals surface area contributed by atoms with Gasteiger partial charge in [-0.2, -0.15) is 10.4 Å². The summed E-state index contributed by atoms with van der Waals surface area (Å²) in [6, 6.07) is 26.3. The van der Waals surface area contributed by atoms with Gasteiger partial charge in [0.05, 0.1) is 42.1 Å². The van der Waals surface area contributed by atoms with Gasteiger partial charge in [-0.1, -0.05) is 77.8 Å². The van der Waals surface area contributed by atoms with Gasteiger partial charge >= 0.3 is 5.97 Å². The molecule has 2 aromatic heterocycles. The van der Waals surface area contributed by atoms with Gasteiger partial charge in [-0.05, 0) is 53.6 Å². The number of benzene rings is 4. The number of aromatic nitrogens is 3. The number of nitrogens with one attached hydrogen (secondary N) is 1. The number of halogens is 2. The smallest absolute Gasteiger partial charge is 0.323 e. The number of rotatable bonds is 16. The Balaban J connectivity index is 1.29. The van der Waals surface area contributed by atoms with Gasteiger partial charge in [-0.3, -0.25) is 24.7 Å². The van der Waals surface area contributed by atoms with E-state index in [-0.39, 0.29) is 19.8 Å². The van der Waals surface area contributed by atoms with Crippen molar-refractivity contribution in [2.24, 2.45) is 0 Å². The minimum atomic E-state index is -1.19. The van der Waals surface area contributed by atoms with E-state index in [1.165, 1.54) is 6.20 Å². The molecule has 0 bridgehead atoms. The van der Waals surface area contributed by atoms with E-state index < -0.39 is 18.6 Å². The normalized spacial score (nSPS) is 11.9. The standard InChI is InChI=1S/C41H38Cl2N6O5/c1-48(12-13-50)22-26-8-10-29(11-9-26)32-4-2-6-34(40(32)43)33-5-3-7-38-35(33)21-47-49(38)23-31-16-39(54-25-28-14-27(17-44)18-45-19-28)30(15-36(31)42)20-46-37(24-51)41(52)53/h2-11,14-16,18-19,21,37,46,50-51H,12-13,20,22-25H2,1H3,(H,52,53)/t37-/m0/s1. The fourth-order valence-corrected chi connectivity index (χ4v) is 6.80. The highest BCUT2D eigenvalue weighted by Crippen LogP contribution is 2.39. The monoisotopic (exact) mass is 764 g/mol. The molecule has 54 heavy (non-hydrogen) atoms. The molecule has 0 aliphatic heterocycles. The predicted octanol–water partition coefficient (Wildman–Crippen LogP) is 6.53. The SMILES string of the molecule is CN(CCO)Cc1ccc(-c2cccc(-c3cccc4c3cnn4Cc3cc(OCc4cncc(C#N)c4)c(CN[C@@H](CO)C(=O)O)cc3Cl)c2Cl)cc1. The molecule has 0 aliphatic carbocycles. The number of pyridine rings is 1. The van der Waals surface area contributed by atoms with Gasteiger partial charge in [-0.15, -0.1) is 0 Å². The number of nitrogens with zero attached hydrogens (tertiary/aromatic N) is 5. The molecule has 0 saturated carbocycles. The minimum absolute atomic E-state index is 0.0589. The van der Waals surface area contributed by atoms with Crippen LogP contribution in [0.1, 0.15) is 27.8 Å². The molecule has 0 fully saturated rings. The average Bonchev–Trinajstić information content (AvgIpc) is 3.59. The quantitative estimate of drug-likeness (QED) is 0.0855. The highest BCUT2D eigenvalue weighted by atomic mass is 35.5. The largest absolute Gasteiger partial charge is 0.489 e. The van der Waals surface area contributed by atoms with Crippen LogP contribution in [0.5, 0.6) is 5.75 Å². The molecule has 276 valence electrons. The summed E-state index contributed by atoms with van der Waals surface area (Å²) in [6.07, 6.45) is 4.88. The Morgan fingerprint density at radius 3 is 2.46 bits per heavy atom. The molecular weight excluding hydrogens is 727 g/mol. The number of likely N-dealkylation sites (N-methyl/N-ethyl adjacent to an activating group) is 1. The number of hydrogen-bond acceptors (Lipinski definition) is 9. The highest BCUT2D eigenvalue weighted by molar-refractivity contribution is 6.36. The first kappa shape index (κ1) is 38.4. The number of aliphatic hydroxyl groups is 2. The van der Waals surface area contributed by atoms with E-state index in [1.54, 1.807) is 24.4 Å². The molecule has 2 heterocycles. The van der Waals surface area contributed by atoms with Crippen LogP contribution in [0.15, 0.2) is 97.5 Å². The van der Waals surface area contributed by atoms with Crippen molar-refractivity contribution in [2.45, 2.75) is 32.3 Å². The van der Waals surface area contributed by atoms with E-state index in [9.17, 15) is 25.4 Å². The van der Waals surface area contributed by atoms with Crippen LogP contribution in [0.3, 0.4) is 0 Å². The maximum Gasteiger partial charge on any atom is 0.323 e. The van der Waals surface area contributed by atoms with Crippen LogP contribution < -0.4 is 10.1 Å². The lowest BCUT2D eigenvalue weighted by Crippen LogP contribution is -2.39. The number of nitriles is 1. The summed E-state index contributed by atoms with van der Waals surface area (Å²) in [5, 5.41) is 47.0. The molecule has 6 aromatic rings. The number of fused-ring (bicyclic) bond motifs is 1. The number of carbonyl (C=O) groups is 1. The zero-order valence-corrected chi connectivity index (χ0v) is 30.9. The molecule has 13 heteroatoms. The fraction of sp³-hybridized carbons (Fsp3) is 0.220. The van der Waals surface area contributed by atoms with Gasteiger partial charge in [0.1, 0.15) is 24.5 Å². The van der Waals surface area contributed by atoms with E-state index in [0.29, 0.717) is 51.1 Å². The topological polar surface area (TPSA) is 157 Å². The van der Waals surface area contributed by atoms with Crippen molar-refractivity contribution < 1.29 is 24.9 Å². The highest BCUT2D eigenvalue weighted by Gasteiger charge is 2.19. The fourth-order valence-electron chi connectivity index (χ4n) is 6.22. The number of aliphatic hydroxyl groups excluding tert-OH is 2. The van der Waals surface area contributed by atoms with E-state index in [0.717, 1.165) is 45.3 Å². The number of carboxylic acid groups (broad SMARTS) is 1. The maximum absolute atomic E-state index is 11.5. The van der Waals surface area contributed by atoms with Crippen LogP contribution in [0.2, 0.25) is 10.0 Å². The lowest BCUT2D eigenvalue weighted by atomic mass is 9.96. The van der Waals surface area contributed by atoms with Crippen molar-refractivity contribution in [2.75, 3.05) is 26.8 Å². The molecule has 6 rings (SSSR count). The van der Waals surface area contributed by atoms with Gasteiger partial charge in [0, 0.05) is 64.7 Å². The molecule has 4 aromatic carbocycles. The van der Waals surface area contributed by atoms with Crippen molar-refractivity contribution in [1.29, 1.82) is 5.26 Å². The Bertz CT molecular complexity index is 2310. The predicted molar refractivity (Wildman–Crippen MR) is 208 cm³/mol. The molecule has 1 atom stereocenters. The third-order valence-corrected chi connectivity index (χ3v) is 9.82. The van der Waals surface area contributed by atoms with Gasteiger partial charge in [0.25, 0.3) is 0 Å². The minimum Gasteiger partial charge on any atom is -0.489 e. The van der Waals surface area contributed by atoms with E-state index in [1.807, 2.05) is 54.3 Å². The van der Waals surface area contributed by atoms with Gasteiger partial charge in [0.15, 0.2) is 0 Å². The second-order valence-corrected chi connectivity index (χ2v) is 13.6. The molecule has 4 N–H and O–H groups in total. The number of ether oxygens (including phenoxy) is 1. The van der Waals surface area contributed by atoms with Crippen molar-refractivity contribution in [3.05, 3.63) is 135 Å². The summed E-state index contributed by atoms with van der Waals surface area (Å²) in [5.74, 6) is -0.745. The Kier molecular flexibility index (Phi) is 12.6. The van der Waals surface area contributed by atoms with Gasteiger partial charge in [0.2, 0.25) is 0 Å². The molecular formula is C41H38Cl2N6O5. The number of hydrogen-bond donors (Lipinski definition) is 4. The zero-order chi connectivity index (χ0) is 38.2. The molecule has 0 unspecified atom stereocenters. The summed E-state index contributed by atoms with van der Waals surface area (Å²) in [4.78, 5) is 17.7. The first-order chi connectivity index (χ1) is 26.2. The maximum atomic E-state index is 11.5. The van der Waals surface area contributed by atoms with Crippen LogP contribution in [-0.2, 0) is 31.0 Å². The van der Waals surface area contributed by atoms with Crippen LogP contribution in [0.25, 0.3) is 33.2 Å². The molecule has 11 nitrogen and oxygen atoms in total. The lowest BCUT2D eigenvalue weighted by Gasteiger charge is -2.18. The van der Waals surface area contributed by atoms with E-state index in [2.05, 4.69) is 45.5 Å². The van der Waals surface area contributed by atoms with Crippen molar-refractivity contribution in [3.63, 3.8) is 0 Å². The summed E-state index contributed by atoms with van der Waals surface area (Å²) in [5.41, 5.74) is 8.06. The van der Waals surface area contributed by atoms with Gasteiger partial charge in [-0.25, -0.2) is 0 Å². The Morgan fingerprint density at radius 2 is 1.72 bits per heavy atom. The average molecular weight is 766 g/mol. The zero-order valence-electron chi connectivity index (χ0n) is 29.4. The Hall–Kier alpha value is -5.32. The molecule has 0 spiro atoms. The van der Waals surface area contributed by atoms with Crippen LogP contribution >= 0.6 is 23.2 Å². The van der Waals surface area contributed by atoms with Crippen LogP contribution in [0, 0.1) is 11.3 Å². The summed E-state index contributed by atoms with van der Waals surface area (Å²) < 4.78 is 8.05. The Morgan fingerprint density at radius 1 is 0.963 bits per heavy atom. The van der Waals surface area contributed by atoms with Crippen LogP contribution in [-0.4, -0.2) is 73.8 Å². The van der Waals surface area contributed by atoms with Crippen LogP contribution in [0.4, 0.5) is 0 Å². The third-order valence-electron chi connectivity index (χ3n) is 9.06. The van der Waals surface area contributed by atoms with Gasteiger partial charge < -0.3 is 20.1 Å². The summed E-state index contributed by atoms with van der Waals surface area (Å²) in [6.45, 7) is 1.30. The van der Waals surface area contributed by atoms with E-state index in [4.69, 9.17) is 33.0 Å². The second kappa shape index (κ2) is 17.7. The Labute approximate surface area is 322 Å². The first-order valence-electron chi connectivity index (χ1n) is 17.2.